The molecule has 0 bridgehead atoms. The molecule has 0 radical (unpaired) electrons. The SMILES string of the molecule is CCC(CC)(CCO)CNC(=O)C1COCCN1.Cl. The van der Waals surface area contributed by atoms with Crippen LogP contribution in [0, 0.1) is 5.41 Å². The van der Waals surface area contributed by atoms with Gasteiger partial charge in [-0.3, -0.25) is 4.79 Å². The van der Waals surface area contributed by atoms with Crippen molar-refractivity contribution in [1.29, 1.82) is 0 Å². The van der Waals surface area contributed by atoms with Crippen molar-refractivity contribution >= 4 is 18.3 Å². The summed E-state index contributed by atoms with van der Waals surface area (Å²) in [6.07, 6.45) is 2.65. The molecular formula is C13H27ClN2O3. The number of hydrogen-bond donors (Lipinski definition) is 3. The van der Waals surface area contributed by atoms with Crippen LogP contribution in [0.1, 0.15) is 33.1 Å². The lowest BCUT2D eigenvalue weighted by Gasteiger charge is -2.32. The minimum absolute atomic E-state index is 0. The number of amides is 1. The molecule has 1 heterocycles. The molecule has 6 heteroatoms. The molecule has 1 amide bonds. The highest BCUT2D eigenvalue weighted by Gasteiger charge is 2.28. The molecule has 0 spiro atoms. The predicted molar refractivity (Wildman–Crippen MR) is 77.6 cm³/mol. The molecule has 3 N–H and O–H groups in total. The van der Waals surface area contributed by atoms with Gasteiger partial charge in [0.15, 0.2) is 0 Å². The fourth-order valence-corrected chi connectivity index (χ4v) is 2.31. The third-order valence-electron chi connectivity index (χ3n) is 4.02. The van der Waals surface area contributed by atoms with Crippen LogP contribution in [-0.4, -0.2) is 50.0 Å². The highest BCUT2D eigenvalue weighted by atomic mass is 35.5. The summed E-state index contributed by atoms with van der Waals surface area (Å²) in [6.45, 7) is 6.83. The first kappa shape index (κ1) is 18.6. The number of halogens is 1. The van der Waals surface area contributed by atoms with Crippen molar-refractivity contribution < 1.29 is 14.6 Å². The molecule has 0 aromatic heterocycles. The standard InChI is InChI=1S/C13H26N2O3.ClH/c1-3-13(4-2,5-7-16)10-15-12(17)11-9-18-8-6-14-11;/h11,14,16H,3-10H2,1-2H3,(H,15,17);1H. The first-order valence-corrected chi connectivity index (χ1v) is 6.87. The summed E-state index contributed by atoms with van der Waals surface area (Å²) in [4.78, 5) is 12.0. The molecule has 114 valence electrons. The topological polar surface area (TPSA) is 70.6 Å². The number of rotatable bonds is 7. The van der Waals surface area contributed by atoms with Crippen molar-refractivity contribution in [2.24, 2.45) is 5.41 Å². The van der Waals surface area contributed by atoms with Gasteiger partial charge in [0.25, 0.3) is 0 Å². The average molecular weight is 295 g/mol. The van der Waals surface area contributed by atoms with E-state index in [-0.39, 0.29) is 36.4 Å². The zero-order chi connectivity index (χ0) is 13.4. The van der Waals surface area contributed by atoms with E-state index in [1.807, 2.05) is 0 Å². The van der Waals surface area contributed by atoms with Crippen molar-refractivity contribution in [2.45, 2.75) is 39.2 Å². The van der Waals surface area contributed by atoms with Crippen LogP contribution in [0.15, 0.2) is 0 Å². The molecule has 5 nitrogen and oxygen atoms in total. The fraction of sp³-hybridized carbons (Fsp3) is 0.923. The summed E-state index contributed by atoms with van der Waals surface area (Å²) >= 11 is 0. The third-order valence-corrected chi connectivity index (χ3v) is 4.02. The summed E-state index contributed by atoms with van der Waals surface area (Å²) in [6, 6.07) is -0.237. The number of ether oxygens (including phenoxy) is 1. The van der Waals surface area contributed by atoms with E-state index in [9.17, 15) is 4.79 Å². The number of nitrogens with one attached hydrogen (secondary N) is 2. The Balaban J connectivity index is 0.00000324. The maximum atomic E-state index is 12.0. The van der Waals surface area contributed by atoms with E-state index in [1.54, 1.807) is 0 Å². The molecule has 0 aromatic rings. The Kier molecular flexibility index (Phi) is 9.35. The quantitative estimate of drug-likeness (QED) is 0.646. The summed E-state index contributed by atoms with van der Waals surface area (Å²) in [5, 5.41) is 15.3. The lowest BCUT2D eigenvalue weighted by Crippen LogP contribution is -2.52. The van der Waals surface area contributed by atoms with Gasteiger partial charge in [-0.25, -0.2) is 0 Å². The van der Waals surface area contributed by atoms with E-state index >= 15 is 0 Å². The number of aliphatic hydroxyl groups is 1. The molecule has 1 fully saturated rings. The molecule has 0 saturated carbocycles. The zero-order valence-electron chi connectivity index (χ0n) is 11.9. The molecule has 0 aromatic carbocycles. The smallest absolute Gasteiger partial charge is 0.239 e. The van der Waals surface area contributed by atoms with Crippen LogP contribution in [0.25, 0.3) is 0 Å². The van der Waals surface area contributed by atoms with Gasteiger partial charge in [-0.15, -0.1) is 12.4 Å². The Hall–Kier alpha value is -0.360. The van der Waals surface area contributed by atoms with Gasteiger partial charge < -0.3 is 20.5 Å². The van der Waals surface area contributed by atoms with Crippen LogP contribution in [0.2, 0.25) is 0 Å². The Labute approximate surface area is 121 Å². The molecule has 0 aliphatic carbocycles. The average Bonchev–Trinajstić information content (AvgIpc) is 2.44. The maximum absolute atomic E-state index is 12.0. The highest BCUT2D eigenvalue weighted by Crippen LogP contribution is 2.29. The van der Waals surface area contributed by atoms with E-state index in [1.165, 1.54) is 0 Å². The number of carbonyl (C=O) groups is 1. The maximum Gasteiger partial charge on any atom is 0.239 e. The molecule has 1 rings (SSSR count). The summed E-state index contributed by atoms with van der Waals surface area (Å²) in [5.41, 5.74) is 0.0138. The Morgan fingerprint density at radius 1 is 1.47 bits per heavy atom. The first-order valence-electron chi connectivity index (χ1n) is 6.87. The van der Waals surface area contributed by atoms with Crippen molar-refractivity contribution in [2.75, 3.05) is 32.9 Å². The minimum atomic E-state index is -0.237. The summed E-state index contributed by atoms with van der Waals surface area (Å²) in [7, 11) is 0. The Morgan fingerprint density at radius 2 is 2.16 bits per heavy atom. The second-order valence-electron chi connectivity index (χ2n) is 4.98. The fourth-order valence-electron chi connectivity index (χ4n) is 2.31. The number of aliphatic hydroxyl groups excluding tert-OH is 1. The number of carbonyl (C=O) groups excluding carboxylic acids is 1. The van der Waals surface area contributed by atoms with Gasteiger partial charge >= 0.3 is 0 Å². The van der Waals surface area contributed by atoms with Gasteiger partial charge in [-0.2, -0.15) is 0 Å². The zero-order valence-corrected chi connectivity index (χ0v) is 12.7. The van der Waals surface area contributed by atoms with Gasteiger partial charge in [-0.1, -0.05) is 13.8 Å². The van der Waals surface area contributed by atoms with Crippen LogP contribution in [0.4, 0.5) is 0 Å². The lowest BCUT2D eigenvalue weighted by atomic mass is 9.79. The van der Waals surface area contributed by atoms with E-state index in [0.717, 1.165) is 25.8 Å². The van der Waals surface area contributed by atoms with E-state index in [2.05, 4.69) is 24.5 Å². The summed E-state index contributed by atoms with van der Waals surface area (Å²) in [5.74, 6) is -0.00100. The van der Waals surface area contributed by atoms with Gasteiger partial charge in [0.1, 0.15) is 6.04 Å². The summed E-state index contributed by atoms with van der Waals surface area (Å²) < 4.78 is 5.27. The molecule has 1 atom stereocenters. The van der Waals surface area contributed by atoms with Crippen molar-refractivity contribution in [3.63, 3.8) is 0 Å². The number of morpholine rings is 1. The second kappa shape index (κ2) is 9.53. The normalized spacial score (nSPS) is 19.6. The molecule has 1 unspecified atom stereocenters. The van der Waals surface area contributed by atoms with Crippen molar-refractivity contribution in [1.82, 2.24) is 10.6 Å². The van der Waals surface area contributed by atoms with Crippen LogP contribution in [0.5, 0.6) is 0 Å². The second-order valence-corrected chi connectivity index (χ2v) is 4.98. The molecule has 1 aliphatic heterocycles. The van der Waals surface area contributed by atoms with E-state index in [4.69, 9.17) is 9.84 Å². The van der Waals surface area contributed by atoms with E-state index < -0.39 is 0 Å². The lowest BCUT2D eigenvalue weighted by molar-refractivity contribution is -0.126. The van der Waals surface area contributed by atoms with Gasteiger partial charge in [0.2, 0.25) is 5.91 Å². The molecular weight excluding hydrogens is 268 g/mol. The van der Waals surface area contributed by atoms with Crippen LogP contribution < -0.4 is 10.6 Å². The third kappa shape index (κ3) is 5.65. The number of hydrogen-bond acceptors (Lipinski definition) is 4. The minimum Gasteiger partial charge on any atom is -0.396 e. The van der Waals surface area contributed by atoms with E-state index in [0.29, 0.717) is 19.8 Å². The monoisotopic (exact) mass is 294 g/mol. The highest BCUT2D eigenvalue weighted by molar-refractivity contribution is 5.85. The van der Waals surface area contributed by atoms with Crippen molar-refractivity contribution in [3.8, 4) is 0 Å². The van der Waals surface area contributed by atoms with Crippen LogP contribution in [0.3, 0.4) is 0 Å². The van der Waals surface area contributed by atoms with Crippen molar-refractivity contribution in [3.05, 3.63) is 0 Å². The predicted octanol–water partition coefficient (Wildman–Crippen LogP) is 0.702. The Bertz CT molecular complexity index is 254. The molecule has 19 heavy (non-hydrogen) atoms. The first-order chi connectivity index (χ1) is 8.67. The van der Waals surface area contributed by atoms with Crippen LogP contribution >= 0.6 is 12.4 Å². The van der Waals surface area contributed by atoms with Gasteiger partial charge in [0.05, 0.1) is 13.2 Å². The van der Waals surface area contributed by atoms with Gasteiger partial charge in [-0.05, 0) is 24.7 Å². The molecule has 1 aliphatic rings. The molecule has 1 saturated heterocycles. The largest absolute Gasteiger partial charge is 0.396 e. The van der Waals surface area contributed by atoms with Gasteiger partial charge in [0, 0.05) is 19.7 Å². The Morgan fingerprint density at radius 3 is 2.63 bits per heavy atom. The van der Waals surface area contributed by atoms with Crippen LogP contribution in [-0.2, 0) is 9.53 Å².